The zero-order chi connectivity index (χ0) is 15.4. The molecule has 1 fully saturated rings. The molecule has 0 heterocycles. The first-order valence-corrected chi connectivity index (χ1v) is 7.45. The summed E-state index contributed by atoms with van der Waals surface area (Å²) in [5, 5.41) is 14.4. The molecule has 1 saturated carbocycles. The fourth-order valence-corrected chi connectivity index (χ4v) is 2.86. The highest BCUT2D eigenvalue weighted by atomic mass is 35.5. The molecule has 0 saturated heterocycles. The summed E-state index contributed by atoms with van der Waals surface area (Å²) in [6, 6.07) is 4.84. The van der Waals surface area contributed by atoms with Crippen molar-refractivity contribution in [2.24, 2.45) is 0 Å². The van der Waals surface area contributed by atoms with Gasteiger partial charge in [-0.05, 0) is 37.5 Å². The van der Waals surface area contributed by atoms with E-state index >= 15 is 0 Å². The van der Waals surface area contributed by atoms with Gasteiger partial charge in [0, 0.05) is 6.04 Å². The Morgan fingerprint density at radius 1 is 1.33 bits per heavy atom. The molecule has 0 aliphatic heterocycles. The van der Waals surface area contributed by atoms with Crippen molar-refractivity contribution in [3.8, 4) is 0 Å². The quantitative estimate of drug-likeness (QED) is 0.798. The second-order valence-corrected chi connectivity index (χ2v) is 5.77. The van der Waals surface area contributed by atoms with Gasteiger partial charge in [0.05, 0.1) is 16.6 Å². The molecule has 1 aromatic carbocycles. The predicted molar refractivity (Wildman–Crippen MR) is 80.7 cm³/mol. The molecule has 114 valence electrons. The van der Waals surface area contributed by atoms with Gasteiger partial charge in [0.25, 0.3) is 5.91 Å². The molecule has 0 unspecified atom stereocenters. The molecule has 0 radical (unpaired) electrons. The van der Waals surface area contributed by atoms with E-state index in [0.29, 0.717) is 10.6 Å². The molecular formula is C15H19ClN2O3. The van der Waals surface area contributed by atoms with Crippen molar-refractivity contribution in [1.29, 1.82) is 0 Å². The molecule has 1 aliphatic carbocycles. The number of hydrogen-bond acceptors (Lipinski definition) is 2. The molecule has 0 aromatic heterocycles. The van der Waals surface area contributed by atoms with Gasteiger partial charge in [0.15, 0.2) is 0 Å². The summed E-state index contributed by atoms with van der Waals surface area (Å²) >= 11 is 6.15. The van der Waals surface area contributed by atoms with Crippen LogP contribution in [0.1, 0.15) is 54.6 Å². The summed E-state index contributed by atoms with van der Waals surface area (Å²) in [4.78, 5) is 22.8. The second kappa shape index (κ2) is 6.80. The van der Waals surface area contributed by atoms with Crippen LogP contribution in [0.2, 0.25) is 5.02 Å². The Hall–Kier alpha value is -1.75. The predicted octanol–water partition coefficient (Wildman–Crippen LogP) is 3.34. The van der Waals surface area contributed by atoms with E-state index in [0.717, 1.165) is 31.2 Å². The minimum atomic E-state index is -1.10. The van der Waals surface area contributed by atoms with Crippen LogP contribution in [0.15, 0.2) is 18.2 Å². The van der Waals surface area contributed by atoms with Crippen LogP contribution in [-0.4, -0.2) is 23.1 Å². The Morgan fingerprint density at radius 2 is 2.00 bits per heavy atom. The van der Waals surface area contributed by atoms with Gasteiger partial charge in [0.1, 0.15) is 0 Å². The zero-order valence-corrected chi connectivity index (χ0v) is 12.6. The van der Waals surface area contributed by atoms with Gasteiger partial charge in [0.2, 0.25) is 0 Å². The lowest BCUT2D eigenvalue weighted by Crippen LogP contribution is -2.32. The summed E-state index contributed by atoms with van der Waals surface area (Å²) in [6.45, 7) is 1.72. The third-order valence-electron chi connectivity index (χ3n) is 3.77. The Morgan fingerprint density at radius 3 is 2.57 bits per heavy atom. The summed E-state index contributed by atoms with van der Waals surface area (Å²) in [7, 11) is 0. The molecule has 2 rings (SSSR count). The van der Waals surface area contributed by atoms with E-state index in [9.17, 15) is 9.59 Å². The Kier molecular flexibility index (Phi) is 5.07. The highest BCUT2D eigenvalue weighted by Gasteiger charge is 2.20. The largest absolute Gasteiger partial charge is 0.465 e. The number of benzene rings is 1. The SMILES string of the molecule is C[C@H](NC(=O)O)c1ccc(C(=O)NC2CCCC2)c(Cl)c1. The van der Waals surface area contributed by atoms with Crippen molar-refractivity contribution in [2.45, 2.75) is 44.7 Å². The fourth-order valence-electron chi connectivity index (χ4n) is 2.59. The fraction of sp³-hybridized carbons (Fsp3) is 0.467. The van der Waals surface area contributed by atoms with Gasteiger partial charge in [-0.15, -0.1) is 0 Å². The standard InChI is InChI=1S/C15H19ClN2O3/c1-9(17-15(20)21)10-6-7-12(13(16)8-10)14(19)18-11-4-2-3-5-11/h6-9,11,17H,2-5H2,1H3,(H,18,19)(H,20,21)/t9-/m0/s1. The van der Waals surface area contributed by atoms with Crippen molar-refractivity contribution in [2.75, 3.05) is 0 Å². The first-order valence-electron chi connectivity index (χ1n) is 7.07. The smallest absolute Gasteiger partial charge is 0.405 e. The molecule has 1 atom stereocenters. The lowest BCUT2D eigenvalue weighted by atomic mass is 10.1. The molecule has 3 N–H and O–H groups in total. The first-order chi connectivity index (χ1) is 9.97. The van der Waals surface area contributed by atoms with Crippen molar-refractivity contribution in [3.63, 3.8) is 0 Å². The highest BCUT2D eigenvalue weighted by molar-refractivity contribution is 6.33. The van der Waals surface area contributed by atoms with Gasteiger partial charge >= 0.3 is 6.09 Å². The van der Waals surface area contributed by atoms with Crippen molar-refractivity contribution < 1.29 is 14.7 Å². The van der Waals surface area contributed by atoms with Gasteiger partial charge in [-0.2, -0.15) is 0 Å². The van der Waals surface area contributed by atoms with Crippen LogP contribution in [0.3, 0.4) is 0 Å². The highest BCUT2D eigenvalue weighted by Crippen LogP contribution is 2.23. The third-order valence-corrected chi connectivity index (χ3v) is 4.08. The minimum Gasteiger partial charge on any atom is -0.465 e. The van der Waals surface area contributed by atoms with Gasteiger partial charge in [-0.25, -0.2) is 4.79 Å². The summed E-state index contributed by atoms with van der Waals surface area (Å²) < 4.78 is 0. The van der Waals surface area contributed by atoms with Crippen LogP contribution in [-0.2, 0) is 0 Å². The number of hydrogen-bond donors (Lipinski definition) is 3. The molecule has 6 heteroatoms. The normalized spacial score (nSPS) is 16.5. The number of carboxylic acid groups (broad SMARTS) is 1. The lowest BCUT2D eigenvalue weighted by Gasteiger charge is -2.15. The maximum Gasteiger partial charge on any atom is 0.405 e. The topological polar surface area (TPSA) is 78.4 Å². The van der Waals surface area contributed by atoms with E-state index in [2.05, 4.69) is 10.6 Å². The first kappa shape index (κ1) is 15.6. The van der Waals surface area contributed by atoms with E-state index in [1.165, 1.54) is 0 Å². The number of amides is 2. The van der Waals surface area contributed by atoms with E-state index in [1.54, 1.807) is 25.1 Å². The monoisotopic (exact) mass is 310 g/mol. The van der Waals surface area contributed by atoms with Crippen molar-refractivity contribution in [1.82, 2.24) is 10.6 Å². The van der Waals surface area contributed by atoms with Crippen LogP contribution in [0, 0.1) is 0 Å². The average molecular weight is 311 g/mol. The van der Waals surface area contributed by atoms with Crippen LogP contribution in [0.4, 0.5) is 4.79 Å². The average Bonchev–Trinajstić information content (AvgIpc) is 2.90. The maximum atomic E-state index is 12.2. The lowest BCUT2D eigenvalue weighted by molar-refractivity contribution is 0.0938. The van der Waals surface area contributed by atoms with Gasteiger partial charge in [-0.3, -0.25) is 4.79 Å². The van der Waals surface area contributed by atoms with E-state index in [-0.39, 0.29) is 18.0 Å². The van der Waals surface area contributed by atoms with Crippen molar-refractivity contribution >= 4 is 23.6 Å². The molecule has 0 bridgehead atoms. The number of rotatable bonds is 4. The van der Waals surface area contributed by atoms with Crippen molar-refractivity contribution in [3.05, 3.63) is 34.3 Å². The van der Waals surface area contributed by atoms with Crippen LogP contribution in [0.5, 0.6) is 0 Å². The van der Waals surface area contributed by atoms with E-state index < -0.39 is 6.09 Å². The molecule has 21 heavy (non-hydrogen) atoms. The maximum absolute atomic E-state index is 12.2. The number of carbonyl (C=O) groups is 2. The molecule has 2 amide bonds. The van der Waals surface area contributed by atoms with Gasteiger partial charge in [-0.1, -0.05) is 30.5 Å². The molecule has 1 aliphatic rings. The van der Waals surface area contributed by atoms with E-state index in [1.807, 2.05) is 0 Å². The Bertz CT molecular complexity index is 542. The zero-order valence-electron chi connectivity index (χ0n) is 11.9. The Labute approximate surface area is 128 Å². The number of carbonyl (C=O) groups excluding carboxylic acids is 1. The van der Waals surface area contributed by atoms with Crippen LogP contribution < -0.4 is 10.6 Å². The summed E-state index contributed by atoms with van der Waals surface area (Å²) in [5.41, 5.74) is 1.15. The molecule has 0 spiro atoms. The Balaban J connectivity index is 2.07. The summed E-state index contributed by atoms with van der Waals surface area (Å²) in [6.07, 6.45) is 3.23. The van der Waals surface area contributed by atoms with Crippen LogP contribution in [0.25, 0.3) is 0 Å². The number of nitrogens with one attached hydrogen (secondary N) is 2. The summed E-state index contributed by atoms with van der Waals surface area (Å²) in [5.74, 6) is -0.169. The molecule has 1 aromatic rings. The third kappa shape index (κ3) is 4.11. The van der Waals surface area contributed by atoms with Gasteiger partial charge < -0.3 is 15.7 Å². The van der Waals surface area contributed by atoms with E-state index in [4.69, 9.17) is 16.7 Å². The van der Waals surface area contributed by atoms with Crippen LogP contribution >= 0.6 is 11.6 Å². The number of halogens is 1. The minimum absolute atomic E-state index is 0.169. The molecule has 5 nitrogen and oxygen atoms in total. The second-order valence-electron chi connectivity index (χ2n) is 5.37. The molecular weight excluding hydrogens is 292 g/mol.